The highest BCUT2D eigenvalue weighted by Crippen LogP contribution is 2.23. The Balaban J connectivity index is 2.14. The van der Waals surface area contributed by atoms with Crippen LogP contribution >= 0.6 is 11.6 Å². The summed E-state index contributed by atoms with van der Waals surface area (Å²) in [6.07, 6.45) is 6.47. The Morgan fingerprint density at radius 3 is 2.42 bits per heavy atom. The number of rotatable bonds is 5. The Bertz CT molecular complexity index is 939. The summed E-state index contributed by atoms with van der Waals surface area (Å²) in [5, 5.41) is 10.9. The number of allylic oxidation sites excluding steroid dienone is 2. The summed E-state index contributed by atoms with van der Waals surface area (Å²) in [5.41, 5.74) is 0.997. The first-order valence-electron chi connectivity index (χ1n) is 6.61. The van der Waals surface area contributed by atoms with E-state index < -0.39 is 20.0 Å². The molecule has 0 atom stereocenters. The van der Waals surface area contributed by atoms with Crippen LogP contribution in [0, 0.1) is 10.1 Å². The van der Waals surface area contributed by atoms with Crippen LogP contribution in [0.4, 0.5) is 9.57 Å². The molecule has 0 N–H and O–H groups in total. The van der Waals surface area contributed by atoms with Crippen molar-refractivity contribution in [3.05, 3.63) is 80.9 Å². The van der Waals surface area contributed by atoms with Crippen molar-refractivity contribution in [2.45, 2.75) is 4.90 Å². The van der Waals surface area contributed by atoms with Gasteiger partial charge in [0.25, 0.3) is 5.69 Å². The molecule has 2 rings (SSSR count). The van der Waals surface area contributed by atoms with Gasteiger partial charge in [-0.3, -0.25) is 10.1 Å². The summed E-state index contributed by atoms with van der Waals surface area (Å²) in [6, 6.07) is 9.53. The van der Waals surface area contributed by atoms with Gasteiger partial charge in [0.05, 0.1) is 14.8 Å². The molecule has 0 aliphatic rings. The average Bonchev–Trinajstić information content (AvgIpc) is 2.52. The molecule has 0 amide bonds. The molecule has 0 fully saturated rings. The largest absolute Gasteiger partial charge is 0.332 e. The summed E-state index contributed by atoms with van der Waals surface area (Å²) >= 11 is 5.95. The summed E-state index contributed by atoms with van der Waals surface area (Å²) in [5.74, 6) is 0. The normalized spacial score (nSPS) is 12.1. The fraction of sp³-hybridized carbons (Fsp3) is 0. The van der Waals surface area contributed by atoms with Crippen LogP contribution in [0.3, 0.4) is 0 Å². The lowest BCUT2D eigenvalue weighted by Crippen LogP contribution is -1.91. The van der Waals surface area contributed by atoms with E-state index in [1.54, 1.807) is 30.4 Å². The number of nitro groups is 1. The molecule has 0 unspecified atom stereocenters. The lowest BCUT2D eigenvalue weighted by Gasteiger charge is -1.98. The van der Waals surface area contributed by atoms with Gasteiger partial charge in [-0.1, -0.05) is 48.0 Å². The molecular formula is C16H11ClFNO4S. The molecule has 0 aromatic heterocycles. The van der Waals surface area contributed by atoms with E-state index in [9.17, 15) is 22.4 Å². The van der Waals surface area contributed by atoms with Crippen molar-refractivity contribution in [1.82, 2.24) is 0 Å². The van der Waals surface area contributed by atoms with Crippen LogP contribution in [0.2, 0.25) is 5.02 Å². The van der Waals surface area contributed by atoms with Gasteiger partial charge in [0, 0.05) is 12.1 Å². The van der Waals surface area contributed by atoms with Gasteiger partial charge in [0.2, 0.25) is 0 Å². The molecule has 124 valence electrons. The number of non-ortho nitro benzene ring substituents is 1. The summed E-state index contributed by atoms with van der Waals surface area (Å²) in [7, 11) is -4.74. The summed E-state index contributed by atoms with van der Waals surface area (Å²) in [6.45, 7) is 0. The summed E-state index contributed by atoms with van der Waals surface area (Å²) < 4.78 is 34.6. The molecule has 5 nitrogen and oxygen atoms in total. The van der Waals surface area contributed by atoms with Crippen molar-refractivity contribution < 1.29 is 17.2 Å². The maximum absolute atomic E-state index is 12.9. The van der Waals surface area contributed by atoms with Gasteiger partial charge in [-0.25, -0.2) is 0 Å². The molecule has 0 saturated carbocycles. The second kappa shape index (κ2) is 7.37. The molecule has 8 heteroatoms. The molecule has 0 aliphatic carbocycles. The highest BCUT2D eigenvalue weighted by Gasteiger charge is 2.10. The molecule has 0 saturated heterocycles. The van der Waals surface area contributed by atoms with E-state index >= 15 is 0 Å². The Hall–Kier alpha value is -2.51. The topological polar surface area (TPSA) is 77.3 Å². The minimum Gasteiger partial charge on any atom is -0.258 e. The fourth-order valence-electron chi connectivity index (χ4n) is 1.86. The first kappa shape index (κ1) is 17.8. The van der Waals surface area contributed by atoms with Crippen molar-refractivity contribution in [2.24, 2.45) is 0 Å². The van der Waals surface area contributed by atoms with Crippen LogP contribution < -0.4 is 0 Å². The molecule has 0 bridgehead atoms. The molecular weight excluding hydrogens is 357 g/mol. The number of nitro benzene ring substituents is 1. The summed E-state index contributed by atoms with van der Waals surface area (Å²) in [4.78, 5) is 9.68. The third-order valence-electron chi connectivity index (χ3n) is 3.01. The zero-order valence-electron chi connectivity index (χ0n) is 12.1. The number of hydrogen-bond acceptors (Lipinski definition) is 4. The molecule has 0 radical (unpaired) electrons. The molecule has 0 aliphatic heterocycles. The van der Waals surface area contributed by atoms with E-state index in [0.29, 0.717) is 11.1 Å². The maximum atomic E-state index is 12.9. The smallest absolute Gasteiger partial charge is 0.258 e. The van der Waals surface area contributed by atoms with Crippen molar-refractivity contribution in [2.75, 3.05) is 0 Å². The monoisotopic (exact) mass is 367 g/mol. The highest BCUT2D eigenvalue weighted by molar-refractivity contribution is 7.86. The predicted octanol–water partition coefficient (Wildman–Crippen LogP) is 4.63. The van der Waals surface area contributed by atoms with Crippen molar-refractivity contribution in [3.8, 4) is 0 Å². The SMILES string of the molecule is O=[N+]([O-])c1ccc(C=CC=Cc2cccc(S(=O)(=O)F)c2)c(Cl)c1. The number of benzene rings is 2. The molecule has 24 heavy (non-hydrogen) atoms. The zero-order chi connectivity index (χ0) is 17.7. The van der Waals surface area contributed by atoms with Gasteiger partial charge in [-0.05, 0) is 29.3 Å². The Morgan fingerprint density at radius 1 is 1.08 bits per heavy atom. The van der Waals surface area contributed by atoms with E-state index in [1.165, 1.54) is 36.4 Å². The van der Waals surface area contributed by atoms with Gasteiger partial charge >= 0.3 is 10.2 Å². The number of hydrogen-bond donors (Lipinski definition) is 0. The molecule has 2 aromatic rings. The van der Waals surface area contributed by atoms with Crippen molar-refractivity contribution in [1.29, 1.82) is 0 Å². The standard InChI is InChI=1S/C16H11ClFNO4S/c17-16-11-14(19(20)21)9-8-13(16)6-2-1-4-12-5-3-7-15(10-12)24(18,22)23/h1-11H. The van der Waals surface area contributed by atoms with E-state index in [1.807, 2.05) is 0 Å². The van der Waals surface area contributed by atoms with Crippen molar-refractivity contribution in [3.63, 3.8) is 0 Å². The van der Waals surface area contributed by atoms with Gasteiger partial charge in [0.1, 0.15) is 0 Å². The lowest BCUT2D eigenvalue weighted by atomic mass is 10.1. The van der Waals surface area contributed by atoms with Crippen LogP contribution in [0.15, 0.2) is 59.5 Å². The second-order valence-corrected chi connectivity index (χ2v) is 6.45. The predicted molar refractivity (Wildman–Crippen MR) is 90.9 cm³/mol. The number of halogens is 2. The van der Waals surface area contributed by atoms with Crippen LogP contribution in [0.25, 0.3) is 12.2 Å². The molecule has 0 heterocycles. The van der Waals surface area contributed by atoms with E-state index in [2.05, 4.69) is 0 Å². The first-order chi connectivity index (χ1) is 11.3. The Morgan fingerprint density at radius 2 is 1.79 bits per heavy atom. The van der Waals surface area contributed by atoms with E-state index in [4.69, 9.17) is 11.6 Å². The van der Waals surface area contributed by atoms with Crippen molar-refractivity contribution >= 4 is 39.7 Å². The maximum Gasteiger partial charge on any atom is 0.332 e. The quantitative estimate of drug-likeness (QED) is 0.334. The lowest BCUT2D eigenvalue weighted by molar-refractivity contribution is -0.384. The third-order valence-corrected chi connectivity index (χ3v) is 4.15. The van der Waals surface area contributed by atoms with Gasteiger partial charge in [0.15, 0.2) is 0 Å². The molecule has 2 aromatic carbocycles. The minimum absolute atomic E-state index is 0.100. The number of nitrogens with zero attached hydrogens (tertiary/aromatic N) is 1. The zero-order valence-corrected chi connectivity index (χ0v) is 13.7. The fourth-order valence-corrected chi connectivity index (χ4v) is 2.62. The van der Waals surface area contributed by atoms with E-state index in [0.717, 1.165) is 0 Å². The van der Waals surface area contributed by atoms with Crippen LogP contribution in [-0.4, -0.2) is 13.3 Å². The van der Waals surface area contributed by atoms with E-state index in [-0.39, 0.29) is 10.7 Å². The Kier molecular flexibility index (Phi) is 5.48. The molecule has 0 spiro atoms. The van der Waals surface area contributed by atoms with Gasteiger partial charge < -0.3 is 0 Å². The van der Waals surface area contributed by atoms with Crippen LogP contribution in [-0.2, 0) is 10.2 Å². The third kappa shape index (κ3) is 4.74. The van der Waals surface area contributed by atoms with Crippen LogP contribution in [0.5, 0.6) is 0 Å². The van der Waals surface area contributed by atoms with Gasteiger partial charge in [-0.15, -0.1) is 3.89 Å². The average molecular weight is 368 g/mol. The van der Waals surface area contributed by atoms with Gasteiger partial charge in [-0.2, -0.15) is 8.42 Å². The second-order valence-electron chi connectivity index (χ2n) is 4.69. The van der Waals surface area contributed by atoms with Crippen LogP contribution in [0.1, 0.15) is 11.1 Å². The first-order valence-corrected chi connectivity index (χ1v) is 8.37. The minimum atomic E-state index is -4.74. The Labute approximate surface area is 143 Å². The highest BCUT2D eigenvalue weighted by atomic mass is 35.5.